The molecule has 2 amide bonds. The summed E-state index contributed by atoms with van der Waals surface area (Å²) in [5.74, 6) is -0.833. The number of likely N-dealkylation sites (tertiary alicyclic amines) is 1. The number of hydrogen-bond donors (Lipinski definition) is 1. The molecule has 0 unspecified atom stereocenters. The van der Waals surface area contributed by atoms with Gasteiger partial charge in [-0.3, -0.25) is 14.3 Å². The highest BCUT2D eigenvalue weighted by molar-refractivity contribution is 5.98. The van der Waals surface area contributed by atoms with Crippen molar-refractivity contribution >= 4 is 11.8 Å². The van der Waals surface area contributed by atoms with Gasteiger partial charge in [0.05, 0.1) is 6.54 Å². The van der Waals surface area contributed by atoms with Crippen LogP contribution in [0.4, 0.5) is 4.39 Å². The number of nitrogens with one attached hydrogen (secondary N) is 1. The summed E-state index contributed by atoms with van der Waals surface area (Å²) in [7, 11) is 0. The second-order valence-corrected chi connectivity index (χ2v) is 7.26. The molecule has 0 bridgehead atoms. The molecule has 1 aromatic heterocycles. The quantitative estimate of drug-likeness (QED) is 0.818. The van der Waals surface area contributed by atoms with Crippen molar-refractivity contribution in [1.82, 2.24) is 24.9 Å². The molecule has 0 saturated carbocycles. The molecule has 0 spiro atoms. The fourth-order valence-electron chi connectivity index (χ4n) is 3.76. The molecule has 0 atom stereocenters. The Morgan fingerprint density at radius 2 is 1.93 bits per heavy atom. The van der Waals surface area contributed by atoms with Crippen molar-refractivity contribution < 1.29 is 14.0 Å². The van der Waals surface area contributed by atoms with Crippen molar-refractivity contribution in [2.45, 2.75) is 25.9 Å². The highest BCUT2D eigenvalue weighted by atomic mass is 19.1. The minimum Gasteiger partial charge on any atom is -0.349 e. The molecule has 1 saturated heterocycles. The highest BCUT2D eigenvalue weighted by Gasteiger charge is 2.28. The molecule has 2 aliphatic heterocycles. The third-order valence-corrected chi connectivity index (χ3v) is 5.33. The zero-order valence-corrected chi connectivity index (χ0v) is 15.7. The average molecular weight is 385 g/mol. The number of benzene rings is 1. The Morgan fingerprint density at radius 3 is 2.71 bits per heavy atom. The van der Waals surface area contributed by atoms with Crippen LogP contribution in [0.1, 0.15) is 39.4 Å². The van der Waals surface area contributed by atoms with Crippen molar-refractivity contribution in [3.8, 4) is 0 Å². The van der Waals surface area contributed by atoms with Gasteiger partial charge in [0, 0.05) is 37.8 Å². The summed E-state index contributed by atoms with van der Waals surface area (Å²) >= 11 is 0. The topological polar surface area (TPSA) is 70.5 Å². The Hall–Kier alpha value is -2.74. The van der Waals surface area contributed by atoms with Crippen LogP contribution in [0.3, 0.4) is 0 Å². The van der Waals surface area contributed by atoms with E-state index < -0.39 is 0 Å². The Bertz CT molecular complexity index is 875. The van der Waals surface area contributed by atoms with Crippen LogP contribution in [0.15, 0.2) is 30.3 Å². The zero-order chi connectivity index (χ0) is 19.5. The van der Waals surface area contributed by atoms with Crippen molar-refractivity contribution in [2.75, 3.05) is 32.7 Å². The number of aromatic nitrogens is 2. The summed E-state index contributed by atoms with van der Waals surface area (Å²) in [5.41, 5.74) is 1.09. The number of halogens is 1. The molecule has 148 valence electrons. The van der Waals surface area contributed by atoms with Gasteiger partial charge in [-0.15, -0.1) is 0 Å². The number of carbonyl (C=O) groups is 2. The van der Waals surface area contributed by atoms with E-state index in [0.717, 1.165) is 19.6 Å². The maximum Gasteiger partial charge on any atom is 0.272 e. The fraction of sp³-hybridized carbons (Fsp3) is 0.450. The van der Waals surface area contributed by atoms with Crippen LogP contribution in [0.5, 0.6) is 0 Å². The maximum atomic E-state index is 13.9. The van der Waals surface area contributed by atoms with Gasteiger partial charge in [0.25, 0.3) is 11.8 Å². The molecule has 1 fully saturated rings. The highest BCUT2D eigenvalue weighted by Crippen LogP contribution is 2.18. The van der Waals surface area contributed by atoms with Gasteiger partial charge in [-0.05, 0) is 32.0 Å². The first kappa shape index (κ1) is 18.6. The van der Waals surface area contributed by atoms with Gasteiger partial charge < -0.3 is 15.1 Å². The summed E-state index contributed by atoms with van der Waals surface area (Å²) < 4.78 is 15.5. The van der Waals surface area contributed by atoms with E-state index in [1.165, 1.54) is 25.0 Å². The van der Waals surface area contributed by atoms with E-state index in [-0.39, 0.29) is 29.9 Å². The second-order valence-electron chi connectivity index (χ2n) is 7.26. The molecule has 1 aromatic carbocycles. The summed E-state index contributed by atoms with van der Waals surface area (Å²) in [5, 5.41) is 7.16. The largest absolute Gasteiger partial charge is 0.349 e. The van der Waals surface area contributed by atoms with Gasteiger partial charge in [-0.25, -0.2) is 4.39 Å². The second kappa shape index (κ2) is 8.10. The first-order valence-corrected chi connectivity index (χ1v) is 9.73. The normalized spacial score (nSPS) is 17.0. The van der Waals surface area contributed by atoms with Crippen LogP contribution in [0.2, 0.25) is 0 Å². The SMILES string of the molecule is O=C(NCCN1CCCC1)c1cc2n(n1)CCN(Cc1ccccc1F)C2=O. The number of nitrogens with zero attached hydrogens (tertiary/aromatic N) is 4. The van der Waals surface area contributed by atoms with E-state index in [0.29, 0.717) is 30.9 Å². The number of fused-ring (bicyclic) bond motifs is 1. The standard InChI is InChI=1S/C20H24FN5O2/c21-16-6-2-1-5-15(16)14-25-11-12-26-18(20(25)28)13-17(23-26)19(27)22-7-10-24-8-3-4-9-24/h1-2,5-6,13H,3-4,7-12,14H2,(H,22,27). The monoisotopic (exact) mass is 385 g/mol. The van der Waals surface area contributed by atoms with Gasteiger partial charge in [-0.2, -0.15) is 5.10 Å². The number of hydrogen-bond acceptors (Lipinski definition) is 4. The molecule has 0 aliphatic carbocycles. The molecular weight excluding hydrogens is 361 g/mol. The van der Waals surface area contributed by atoms with E-state index >= 15 is 0 Å². The van der Waals surface area contributed by atoms with E-state index in [1.807, 2.05) is 0 Å². The molecule has 4 rings (SSSR count). The molecule has 7 nitrogen and oxygen atoms in total. The lowest BCUT2D eigenvalue weighted by molar-refractivity contribution is 0.0681. The van der Waals surface area contributed by atoms with E-state index in [4.69, 9.17) is 0 Å². The molecular formula is C20H24FN5O2. The van der Waals surface area contributed by atoms with E-state index in [2.05, 4.69) is 15.3 Å². The minimum absolute atomic E-state index is 0.202. The molecule has 2 aromatic rings. The predicted octanol–water partition coefficient (Wildman–Crippen LogP) is 1.50. The van der Waals surface area contributed by atoms with Crippen LogP contribution < -0.4 is 5.32 Å². The van der Waals surface area contributed by atoms with Gasteiger partial charge in [0.1, 0.15) is 11.5 Å². The van der Waals surface area contributed by atoms with Gasteiger partial charge >= 0.3 is 0 Å². The molecule has 8 heteroatoms. The zero-order valence-electron chi connectivity index (χ0n) is 15.7. The van der Waals surface area contributed by atoms with E-state index in [1.54, 1.807) is 27.8 Å². The van der Waals surface area contributed by atoms with Crippen molar-refractivity contribution in [2.24, 2.45) is 0 Å². The first-order valence-electron chi connectivity index (χ1n) is 9.73. The Morgan fingerprint density at radius 1 is 1.14 bits per heavy atom. The summed E-state index contributed by atoms with van der Waals surface area (Å²) in [4.78, 5) is 29.1. The Kier molecular flexibility index (Phi) is 5.38. The van der Waals surface area contributed by atoms with E-state index in [9.17, 15) is 14.0 Å². The minimum atomic E-state index is -0.326. The van der Waals surface area contributed by atoms with Crippen LogP contribution in [-0.2, 0) is 13.1 Å². The van der Waals surface area contributed by atoms with Crippen LogP contribution in [0, 0.1) is 5.82 Å². The molecule has 2 aliphatic rings. The van der Waals surface area contributed by atoms with Crippen molar-refractivity contribution in [1.29, 1.82) is 0 Å². The summed E-state index contributed by atoms with van der Waals surface area (Å²) in [6.45, 7) is 4.67. The Balaban J connectivity index is 1.38. The molecule has 1 N–H and O–H groups in total. The van der Waals surface area contributed by atoms with Crippen molar-refractivity contribution in [3.63, 3.8) is 0 Å². The van der Waals surface area contributed by atoms with Gasteiger partial charge in [0.15, 0.2) is 5.69 Å². The Labute approximate surface area is 163 Å². The summed E-state index contributed by atoms with van der Waals surface area (Å²) in [6.07, 6.45) is 2.43. The maximum absolute atomic E-state index is 13.9. The lowest BCUT2D eigenvalue weighted by Gasteiger charge is -2.27. The lowest BCUT2D eigenvalue weighted by atomic mass is 10.1. The first-order chi connectivity index (χ1) is 13.6. The molecule has 3 heterocycles. The van der Waals surface area contributed by atoms with Gasteiger partial charge in [-0.1, -0.05) is 18.2 Å². The number of carbonyl (C=O) groups excluding carboxylic acids is 2. The van der Waals surface area contributed by atoms with Crippen LogP contribution >= 0.6 is 0 Å². The molecule has 0 radical (unpaired) electrons. The van der Waals surface area contributed by atoms with Crippen molar-refractivity contribution in [3.05, 3.63) is 53.1 Å². The predicted molar refractivity (Wildman–Crippen MR) is 101 cm³/mol. The average Bonchev–Trinajstić information content (AvgIpc) is 3.35. The third kappa shape index (κ3) is 3.91. The summed E-state index contributed by atoms with van der Waals surface area (Å²) in [6, 6.07) is 7.97. The van der Waals surface area contributed by atoms with Crippen LogP contribution in [0.25, 0.3) is 0 Å². The number of amides is 2. The smallest absolute Gasteiger partial charge is 0.272 e. The molecule has 28 heavy (non-hydrogen) atoms. The van der Waals surface area contributed by atoms with Crippen LogP contribution in [-0.4, -0.2) is 64.1 Å². The fourth-order valence-corrected chi connectivity index (χ4v) is 3.76. The lowest BCUT2D eigenvalue weighted by Crippen LogP contribution is -2.40. The van der Waals surface area contributed by atoms with Gasteiger partial charge in [0.2, 0.25) is 0 Å². The number of rotatable bonds is 6. The third-order valence-electron chi connectivity index (χ3n) is 5.33.